The lowest BCUT2D eigenvalue weighted by Crippen LogP contribution is -2.24. The van der Waals surface area contributed by atoms with Crippen molar-refractivity contribution in [3.05, 3.63) is 18.1 Å². The number of hydrogen-bond acceptors (Lipinski definition) is 6. The third-order valence-electron chi connectivity index (χ3n) is 3.06. The van der Waals surface area contributed by atoms with E-state index in [4.69, 9.17) is 5.73 Å². The Bertz CT molecular complexity index is 418. The molecule has 1 aliphatic carbocycles. The maximum atomic E-state index is 11.3. The number of esters is 1. The highest BCUT2D eigenvalue weighted by Crippen LogP contribution is 2.44. The van der Waals surface area contributed by atoms with Crippen LogP contribution in [-0.2, 0) is 4.74 Å². The van der Waals surface area contributed by atoms with Gasteiger partial charge in [0.25, 0.3) is 0 Å². The normalized spacial score (nSPS) is 16.4. The molecule has 0 aromatic carbocycles. The van der Waals surface area contributed by atoms with Gasteiger partial charge in [-0.3, -0.25) is 4.98 Å². The summed E-state index contributed by atoms with van der Waals surface area (Å²) >= 11 is 0. The summed E-state index contributed by atoms with van der Waals surface area (Å²) in [4.78, 5) is 19.3. The maximum absolute atomic E-state index is 11.3. The zero-order valence-corrected chi connectivity index (χ0v) is 9.77. The highest BCUT2D eigenvalue weighted by Gasteiger charge is 2.40. The van der Waals surface area contributed by atoms with Gasteiger partial charge in [0.05, 0.1) is 19.5 Å². The molecule has 17 heavy (non-hydrogen) atoms. The third-order valence-corrected chi connectivity index (χ3v) is 3.06. The quantitative estimate of drug-likeness (QED) is 0.720. The summed E-state index contributed by atoms with van der Waals surface area (Å²) in [5.41, 5.74) is 6.10. The van der Waals surface area contributed by atoms with E-state index in [2.05, 4.69) is 20.0 Å². The Morgan fingerprint density at radius 3 is 2.94 bits per heavy atom. The summed E-state index contributed by atoms with van der Waals surface area (Å²) in [7, 11) is 1.32. The van der Waals surface area contributed by atoms with Crippen molar-refractivity contribution < 1.29 is 9.53 Å². The number of methoxy groups -OCH3 is 1. The van der Waals surface area contributed by atoms with Gasteiger partial charge in [0.15, 0.2) is 5.69 Å². The van der Waals surface area contributed by atoms with Gasteiger partial charge in [-0.15, -0.1) is 0 Å². The fourth-order valence-corrected chi connectivity index (χ4v) is 1.56. The lowest BCUT2D eigenvalue weighted by molar-refractivity contribution is 0.0593. The van der Waals surface area contributed by atoms with Gasteiger partial charge in [-0.2, -0.15) is 0 Å². The second-order valence-electron chi connectivity index (χ2n) is 4.34. The molecule has 2 rings (SSSR count). The van der Waals surface area contributed by atoms with Crippen LogP contribution in [0.2, 0.25) is 0 Å². The molecular weight excluding hydrogens is 220 g/mol. The predicted molar refractivity (Wildman–Crippen MR) is 62.6 cm³/mol. The summed E-state index contributed by atoms with van der Waals surface area (Å²) in [5, 5.41) is 3.16. The second-order valence-corrected chi connectivity index (χ2v) is 4.34. The number of aromatic nitrogens is 2. The number of anilines is 1. The summed E-state index contributed by atoms with van der Waals surface area (Å²) in [6.07, 6.45) is 5.24. The predicted octanol–water partition coefficient (Wildman–Crippen LogP) is 0.414. The molecule has 92 valence electrons. The molecule has 1 saturated carbocycles. The van der Waals surface area contributed by atoms with Crippen LogP contribution in [0.1, 0.15) is 23.3 Å². The van der Waals surface area contributed by atoms with Crippen LogP contribution in [0, 0.1) is 5.41 Å². The number of nitrogens with zero attached hydrogens (tertiary/aromatic N) is 2. The first kappa shape index (κ1) is 11.8. The molecule has 0 saturated heterocycles. The van der Waals surface area contributed by atoms with Crippen molar-refractivity contribution in [1.82, 2.24) is 9.97 Å². The number of carbonyl (C=O) groups is 1. The molecule has 1 fully saturated rings. The zero-order valence-electron chi connectivity index (χ0n) is 9.77. The highest BCUT2D eigenvalue weighted by molar-refractivity contribution is 5.87. The molecule has 1 aromatic rings. The van der Waals surface area contributed by atoms with Crippen molar-refractivity contribution in [2.75, 3.05) is 25.5 Å². The molecular formula is C11H16N4O2. The minimum absolute atomic E-state index is 0.204. The Hall–Kier alpha value is -1.69. The van der Waals surface area contributed by atoms with Crippen LogP contribution in [0.15, 0.2) is 12.4 Å². The number of nitrogens with two attached hydrogens (primary N) is 1. The van der Waals surface area contributed by atoms with Gasteiger partial charge in [-0.25, -0.2) is 9.78 Å². The molecule has 0 unspecified atom stereocenters. The first-order valence-electron chi connectivity index (χ1n) is 5.53. The summed E-state index contributed by atoms with van der Waals surface area (Å²) in [5.74, 6) is 0.0914. The van der Waals surface area contributed by atoms with Crippen LogP contribution in [0.3, 0.4) is 0 Å². The van der Waals surface area contributed by atoms with Gasteiger partial charge in [-0.05, 0) is 24.8 Å². The summed E-state index contributed by atoms with van der Waals surface area (Å²) in [6.45, 7) is 1.44. The van der Waals surface area contributed by atoms with E-state index < -0.39 is 5.97 Å². The Morgan fingerprint density at radius 1 is 1.59 bits per heavy atom. The molecule has 3 N–H and O–H groups in total. The van der Waals surface area contributed by atoms with Gasteiger partial charge in [0.2, 0.25) is 0 Å². The van der Waals surface area contributed by atoms with E-state index in [1.54, 1.807) is 6.20 Å². The van der Waals surface area contributed by atoms with Gasteiger partial charge in [0.1, 0.15) is 5.82 Å². The number of rotatable bonds is 5. The van der Waals surface area contributed by atoms with Crippen molar-refractivity contribution in [1.29, 1.82) is 0 Å². The average molecular weight is 236 g/mol. The largest absolute Gasteiger partial charge is 0.464 e. The molecule has 0 aliphatic heterocycles. The molecule has 0 radical (unpaired) electrons. The molecule has 0 amide bonds. The van der Waals surface area contributed by atoms with Crippen LogP contribution in [0.25, 0.3) is 0 Å². The van der Waals surface area contributed by atoms with E-state index in [0.29, 0.717) is 12.4 Å². The van der Waals surface area contributed by atoms with Crippen LogP contribution < -0.4 is 11.1 Å². The Labute approximate surface area is 99.6 Å². The van der Waals surface area contributed by atoms with Gasteiger partial charge in [-0.1, -0.05) is 0 Å². The Kier molecular flexibility index (Phi) is 3.23. The van der Waals surface area contributed by atoms with Crippen LogP contribution >= 0.6 is 0 Å². The fraction of sp³-hybridized carbons (Fsp3) is 0.545. The van der Waals surface area contributed by atoms with Gasteiger partial charge >= 0.3 is 5.97 Å². The Morgan fingerprint density at radius 2 is 2.35 bits per heavy atom. The average Bonchev–Trinajstić information content (AvgIpc) is 3.16. The van der Waals surface area contributed by atoms with E-state index in [1.165, 1.54) is 13.3 Å². The standard InChI is InChI=1S/C11H16N4O2/c1-17-10(16)8-4-13-5-9(15-8)14-7-11(6-12)2-3-11/h4-5H,2-3,6-7,12H2,1H3,(H,14,15). The number of ether oxygens (including phenoxy) is 1. The number of hydrogen-bond donors (Lipinski definition) is 2. The molecule has 6 nitrogen and oxygen atoms in total. The van der Waals surface area contributed by atoms with E-state index in [1.807, 2.05) is 0 Å². The van der Waals surface area contributed by atoms with Crippen molar-refractivity contribution in [3.63, 3.8) is 0 Å². The molecule has 0 atom stereocenters. The summed E-state index contributed by atoms with van der Waals surface area (Å²) in [6, 6.07) is 0. The molecule has 1 heterocycles. The van der Waals surface area contributed by atoms with E-state index in [9.17, 15) is 4.79 Å². The van der Waals surface area contributed by atoms with E-state index in [-0.39, 0.29) is 11.1 Å². The fourth-order valence-electron chi connectivity index (χ4n) is 1.56. The first-order valence-corrected chi connectivity index (χ1v) is 5.53. The number of nitrogens with one attached hydrogen (secondary N) is 1. The molecule has 1 aromatic heterocycles. The van der Waals surface area contributed by atoms with Crippen LogP contribution in [-0.4, -0.2) is 36.1 Å². The van der Waals surface area contributed by atoms with Crippen molar-refractivity contribution in [2.45, 2.75) is 12.8 Å². The molecule has 1 aliphatic rings. The molecule has 0 spiro atoms. The van der Waals surface area contributed by atoms with Gasteiger partial charge in [0, 0.05) is 6.54 Å². The summed E-state index contributed by atoms with van der Waals surface area (Å²) < 4.78 is 4.58. The van der Waals surface area contributed by atoms with Crippen LogP contribution in [0.5, 0.6) is 0 Å². The SMILES string of the molecule is COC(=O)c1cncc(NCC2(CN)CC2)n1. The maximum Gasteiger partial charge on any atom is 0.358 e. The Balaban J connectivity index is 1.99. The minimum atomic E-state index is -0.485. The lowest BCUT2D eigenvalue weighted by Gasteiger charge is -2.13. The van der Waals surface area contributed by atoms with E-state index >= 15 is 0 Å². The topological polar surface area (TPSA) is 90.1 Å². The van der Waals surface area contributed by atoms with E-state index in [0.717, 1.165) is 19.4 Å². The monoisotopic (exact) mass is 236 g/mol. The minimum Gasteiger partial charge on any atom is -0.464 e. The lowest BCUT2D eigenvalue weighted by atomic mass is 10.1. The zero-order chi connectivity index (χ0) is 12.3. The molecule has 6 heteroatoms. The van der Waals surface area contributed by atoms with Crippen molar-refractivity contribution in [2.24, 2.45) is 11.1 Å². The number of carbonyl (C=O) groups excluding carboxylic acids is 1. The van der Waals surface area contributed by atoms with Crippen molar-refractivity contribution in [3.8, 4) is 0 Å². The third kappa shape index (κ3) is 2.71. The van der Waals surface area contributed by atoms with Crippen LogP contribution in [0.4, 0.5) is 5.82 Å². The molecule has 0 bridgehead atoms. The van der Waals surface area contributed by atoms with Crippen molar-refractivity contribution >= 4 is 11.8 Å². The smallest absolute Gasteiger partial charge is 0.358 e. The highest BCUT2D eigenvalue weighted by atomic mass is 16.5. The first-order chi connectivity index (χ1) is 8.19. The second kappa shape index (κ2) is 4.67. The van der Waals surface area contributed by atoms with Gasteiger partial charge < -0.3 is 15.8 Å².